The van der Waals surface area contributed by atoms with Gasteiger partial charge in [0.2, 0.25) is 0 Å². The minimum atomic E-state index is 0.910. The third-order valence-electron chi connectivity index (χ3n) is 3.83. The monoisotopic (exact) mass is 342 g/mol. The van der Waals surface area contributed by atoms with Gasteiger partial charge in [-0.3, -0.25) is 0 Å². The van der Waals surface area contributed by atoms with E-state index in [1.54, 1.807) is 14.2 Å². The zero-order valence-corrected chi connectivity index (χ0v) is 14.0. The molecule has 1 fully saturated rings. The van der Waals surface area contributed by atoms with E-state index in [1.165, 1.54) is 5.56 Å². The van der Waals surface area contributed by atoms with Crippen LogP contribution in [-0.2, 0) is 6.42 Å². The lowest BCUT2D eigenvalue weighted by Crippen LogP contribution is -2.44. The van der Waals surface area contributed by atoms with Crippen LogP contribution in [0.15, 0.2) is 10.5 Å². The Morgan fingerprint density at radius 2 is 1.95 bits per heavy atom. The molecule has 0 spiro atoms. The van der Waals surface area contributed by atoms with Gasteiger partial charge in [-0.15, -0.1) is 0 Å². The van der Waals surface area contributed by atoms with Gasteiger partial charge in [0.25, 0.3) is 0 Å². The summed E-state index contributed by atoms with van der Waals surface area (Å²) in [6.45, 7) is 7.48. The molecule has 0 amide bonds. The first kappa shape index (κ1) is 15.6. The minimum absolute atomic E-state index is 0.910. The highest BCUT2D eigenvalue weighted by Crippen LogP contribution is 2.38. The Bertz CT molecular complexity index is 460. The van der Waals surface area contributed by atoms with Gasteiger partial charge in [-0.1, -0.05) is 0 Å². The minimum Gasteiger partial charge on any atom is -0.496 e. The molecule has 0 aromatic heterocycles. The molecule has 5 heteroatoms. The van der Waals surface area contributed by atoms with Crippen LogP contribution in [0.3, 0.4) is 0 Å². The second-order valence-corrected chi connectivity index (χ2v) is 5.84. The molecule has 0 aliphatic carbocycles. The fourth-order valence-electron chi connectivity index (χ4n) is 2.58. The van der Waals surface area contributed by atoms with Gasteiger partial charge < -0.3 is 19.7 Å². The summed E-state index contributed by atoms with van der Waals surface area (Å²) < 4.78 is 12.0. The second kappa shape index (κ2) is 7.29. The van der Waals surface area contributed by atoms with Gasteiger partial charge in [-0.25, -0.2) is 0 Å². The van der Waals surface area contributed by atoms with Gasteiger partial charge in [-0.05, 0) is 35.3 Å². The van der Waals surface area contributed by atoms with Crippen LogP contribution in [-0.4, -0.2) is 51.8 Å². The Labute approximate surface area is 129 Å². The molecule has 1 aromatic rings. The quantitative estimate of drug-likeness (QED) is 0.889. The average Bonchev–Trinajstić information content (AvgIpc) is 2.49. The summed E-state index contributed by atoms with van der Waals surface area (Å²) in [4.78, 5) is 2.48. The number of nitrogens with zero attached hydrogens (tertiary/aromatic N) is 1. The number of hydrogen-bond donors (Lipinski definition) is 1. The van der Waals surface area contributed by atoms with Crippen LogP contribution in [0.25, 0.3) is 0 Å². The average molecular weight is 343 g/mol. The summed E-state index contributed by atoms with van der Waals surface area (Å²) >= 11 is 3.62. The number of hydrogen-bond acceptors (Lipinski definition) is 4. The van der Waals surface area contributed by atoms with Crippen LogP contribution >= 0.6 is 15.9 Å². The number of halogens is 1. The van der Waals surface area contributed by atoms with Crippen molar-refractivity contribution in [1.82, 2.24) is 10.2 Å². The predicted octanol–water partition coefficient (Wildman–Crippen LogP) is 2.22. The standard InChI is InChI=1S/C15H23BrN2O2/c1-11-13(19-2)10-12(15(20-3)14(11)16)4-7-18-8-5-17-6-9-18/h10,17H,4-9H2,1-3H3. The lowest BCUT2D eigenvalue weighted by atomic mass is 10.1. The SMILES string of the molecule is COc1cc(CCN2CCNCC2)c(OC)c(Br)c1C. The van der Waals surface area contributed by atoms with Crippen LogP contribution in [0, 0.1) is 6.92 Å². The van der Waals surface area contributed by atoms with Crippen molar-refractivity contribution in [3.05, 3.63) is 21.7 Å². The fraction of sp³-hybridized carbons (Fsp3) is 0.600. The Morgan fingerprint density at radius 3 is 2.55 bits per heavy atom. The molecule has 112 valence electrons. The van der Waals surface area contributed by atoms with Gasteiger partial charge in [0.15, 0.2) is 0 Å². The lowest BCUT2D eigenvalue weighted by molar-refractivity contribution is 0.243. The van der Waals surface area contributed by atoms with E-state index in [-0.39, 0.29) is 0 Å². The molecular weight excluding hydrogens is 320 g/mol. The third-order valence-corrected chi connectivity index (χ3v) is 4.78. The Hall–Kier alpha value is -0.780. The van der Waals surface area contributed by atoms with Gasteiger partial charge in [0, 0.05) is 43.9 Å². The summed E-state index contributed by atoms with van der Waals surface area (Å²) in [5, 5.41) is 3.38. The van der Waals surface area contributed by atoms with E-state index in [2.05, 4.69) is 32.2 Å². The zero-order valence-electron chi connectivity index (χ0n) is 12.5. The van der Waals surface area contributed by atoms with Crippen molar-refractivity contribution >= 4 is 15.9 Å². The normalized spacial score (nSPS) is 16.2. The summed E-state index contributed by atoms with van der Waals surface area (Å²) in [7, 11) is 3.43. The van der Waals surface area contributed by atoms with Crippen LogP contribution < -0.4 is 14.8 Å². The van der Waals surface area contributed by atoms with E-state index >= 15 is 0 Å². The molecule has 1 heterocycles. The lowest BCUT2D eigenvalue weighted by Gasteiger charge is -2.27. The first-order valence-corrected chi connectivity index (χ1v) is 7.79. The van der Waals surface area contributed by atoms with E-state index in [1.807, 2.05) is 6.92 Å². The molecule has 1 N–H and O–H groups in total. The molecule has 0 radical (unpaired) electrons. The van der Waals surface area contributed by atoms with Crippen LogP contribution in [0.1, 0.15) is 11.1 Å². The molecule has 0 unspecified atom stereocenters. The Morgan fingerprint density at radius 1 is 1.25 bits per heavy atom. The summed E-state index contributed by atoms with van der Waals surface area (Å²) in [6.07, 6.45) is 0.971. The molecule has 1 saturated heterocycles. The highest BCUT2D eigenvalue weighted by Gasteiger charge is 2.16. The van der Waals surface area contributed by atoms with E-state index in [9.17, 15) is 0 Å². The second-order valence-electron chi connectivity index (χ2n) is 5.05. The van der Waals surface area contributed by atoms with E-state index < -0.39 is 0 Å². The number of rotatable bonds is 5. The van der Waals surface area contributed by atoms with Gasteiger partial charge in [0.1, 0.15) is 11.5 Å². The van der Waals surface area contributed by atoms with Gasteiger partial charge in [-0.2, -0.15) is 0 Å². The Balaban J connectivity index is 2.14. The Kier molecular flexibility index (Phi) is 5.69. The van der Waals surface area contributed by atoms with Crippen LogP contribution in [0.2, 0.25) is 0 Å². The molecule has 0 atom stereocenters. The first-order valence-electron chi connectivity index (χ1n) is 7.00. The number of ether oxygens (including phenoxy) is 2. The zero-order chi connectivity index (χ0) is 14.5. The molecule has 4 nitrogen and oxygen atoms in total. The third kappa shape index (κ3) is 3.45. The van der Waals surface area contributed by atoms with Gasteiger partial charge >= 0.3 is 0 Å². The molecule has 1 aliphatic heterocycles. The summed E-state index contributed by atoms with van der Waals surface area (Å²) in [6, 6.07) is 2.10. The van der Waals surface area contributed by atoms with Crippen molar-refractivity contribution in [1.29, 1.82) is 0 Å². The number of benzene rings is 1. The highest BCUT2D eigenvalue weighted by atomic mass is 79.9. The maximum Gasteiger partial charge on any atom is 0.136 e. The molecule has 1 aromatic carbocycles. The molecule has 0 bridgehead atoms. The number of piperazine rings is 1. The molecular formula is C15H23BrN2O2. The maximum absolute atomic E-state index is 5.56. The van der Waals surface area contributed by atoms with E-state index in [0.717, 1.165) is 60.7 Å². The van der Waals surface area contributed by atoms with Crippen molar-refractivity contribution in [2.75, 3.05) is 46.9 Å². The number of methoxy groups -OCH3 is 2. The topological polar surface area (TPSA) is 33.7 Å². The van der Waals surface area contributed by atoms with Crippen molar-refractivity contribution < 1.29 is 9.47 Å². The molecule has 20 heavy (non-hydrogen) atoms. The van der Waals surface area contributed by atoms with E-state index in [0.29, 0.717) is 0 Å². The first-order chi connectivity index (χ1) is 9.67. The molecule has 2 rings (SSSR count). The van der Waals surface area contributed by atoms with Crippen molar-refractivity contribution in [3.8, 4) is 11.5 Å². The molecule has 1 aliphatic rings. The smallest absolute Gasteiger partial charge is 0.136 e. The summed E-state index contributed by atoms with van der Waals surface area (Å²) in [5.41, 5.74) is 2.27. The fourth-order valence-corrected chi connectivity index (χ4v) is 3.20. The van der Waals surface area contributed by atoms with Crippen LogP contribution in [0.4, 0.5) is 0 Å². The van der Waals surface area contributed by atoms with Crippen molar-refractivity contribution in [2.24, 2.45) is 0 Å². The van der Waals surface area contributed by atoms with Gasteiger partial charge in [0.05, 0.1) is 18.7 Å². The maximum atomic E-state index is 5.56. The largest absolute Gasteiger partial charge is 0.496 e. The van der Waals surface area contributed by atoms with Crippen molar-refractivity contribution in [3.63, 3.8) is 0 Å². The number of nitrogens with one attached hydrogen (secondary N) is 1. The predicted molar refractivity (Wildman–Crippen MR) is 85.0 cm³/mol. The van der Waals surface area contributed by atoms with Crippen molar-refractivity contribution in [2.45, 2.75) is 13.3 Å². The highest BCUT2D eigenvalue weighted by molar-refractivity contribution is 9.10. The van der Waals surface area contributed by atoms with E-state index in [4.69, 9.17) is 9.47 Å². The van der Waals surface area contributed by atoms with Crippen LogP contribution in [0.5, 0.6) is 11.5 Å². The summed E-state index contributed by atoms with van der Waals surface area (Å²) in [5.74, 6) is 1.84. The molecule has 0 saturated carbocycles.